The number of fused-ring (bicyclic) bond motifs is 1. The second-order valence-electron chi connectivity index (χ2n) is 6.76. The molecule has 126 valence electrons. The van der Waals surface area contributed by atoms with E-state index in [1.54, 1.807) is 13.0 Å². The molecule has 1 unspecified atom stereocenters. The minimum absolute atomic E-state index is 0.0533. The number of hydrogen-bond donors (Lipinski definition) is 0. The number of carbonyl (C=O) groups excluding carboxylic acids is 1. The monoisotopic (exact) mass is 330 g/mol. The van der Waals surface area contributed by atoms with Crippen molar-refractivity contribution in [1.82, 2.24) is 10.2 Å². The van der Waals surface area contributed by atoms with Gasteiger partial charge in [-0.25, -0.2) is 8.78 Å². The number of nitrogens with zero attached hydrogens (tertiary/aromatic N) is 2. The number of carbonyl (C=O) groups is 1. The smallest absolute Gasteiger partial charge is 0.138 e. The third-order valence-electron chi connectivity index (χ3n) is 4.86. The average Bonchev–Trinajstić information content (AvgIpc) is 2.53. The number of ketones is 1. The normalized spacial score (nSPS) is 20.1. The Morgan fingerprint density at radius 1 is 1.17 bits per heavy atom. The average molecular weight is 330 g/mol. The van der Waals surface area contributed by atoms with Crippen molar-refractivity contribution >= 4 is 5.78 Å². The molecular formula is C19H20F2N2O. The Balaban J connectivity index is 2.17. The van der Waals surface area contributed by atoms with Crippen LogP contribution in [0.1, 0.15) is 56.7 Å². The third kappa shape index (κ3) is 2.83. The Kier molecular flexibility index (Phi) is 4.43. The number of Topliss-reactive ketones (excluding diaryl/α,β-unsaturated/α-hetero) is 1. The molecule has 1 heterocycles. The lowest BCUT2D eigenvalue weighted by Crippen LogP contribution is -2.24. The van der Waals surface area contributed by atoms with Crippen LogP contribution in [-0.2, 0) is 4.79 Å². The van der Waals surface area contributed by atoms with Crippen LogP contribution in [0.15, 0.2) is 24.3 Å². The van der Waals surface area contributed by atoms with Crippen LogP contribution in [0.4, 0.5) is 8.78 Å². The number of halogens is 2. The summed E-state index contributed by atoms with van der Waals surface area (Å²) in [7, 11) is 0. The van der Waals surface area contributed by atoms with E-state index in [2.05, 4.69) is 24.0 Å². The maximum absolute atomic E-state index is 14.1. The lowest BCUT2D eigenvalue weighted by Gasteiger charge is -2.31. The largest absolute Gasteiger partial charge is 0.299 e. The van der Waals surface area contributed by atoms with Gasteiger partial charge in [0.25, 0.3) is 0 Å². The molecule has 1 aliphatic rings. The van der Waals surface area contributed by atoms with Crippen LogP contribution < -0.4 is 0 Å². The highest BCUT2D eigenvalue weighted by Crippen LogP contribution is 2.42. The van der Waals surface area contributed by atoms with Crippen LogP contribution in [0.25, 0.3) is 11.3 Å². The van der Waals surface area contributed by atoms with E-state index in [0.29, 0.717) is 11.6 Å². The summed E-state index contributed by atoms with van der Waals surface area (Å²) in [4.78, 5) is 11.9. The summed E-state index contributed by atoms with van der Waals surface area (Å²) in [5.74, 6) is -0.994. The predicted molar refractivity (Wildman–Crippen MR) is 87.6 cm³/mol. The van der Waals surface area contributed by atoms with Gasteiger partial charge < -0.3 is 0 Å². The Hall–Kier alpha value is -2.17. The molecule has 2 aromatic rings. The molecule has 1 aliphatic carbocycles. The SMILES string of the molecule is CC(=O)C1CC[C@H](C(C)C)c2cc(-c3c(F)cccc3F)nnc21. The second-order valence-corrected chi connectivity index (χ2v) is 6.76. The van der Waals surface area contributed by atoms with Crippen molar-refractivity contribution in [3.8, 4) is 11.3 Å². The van der Waals surface area contributed by atoms with Gasteiger partial charge in [0.15, 0.2) is 0 Å². The molecule has 0 saturated heterocycles. The van der Waals surface area contributed by atoms with Gasteiger partial charge in [-0.05, 0) is 55.4 Å². The summed E-state index contributed by atoms with van der Waals surface area (Å²) in [6.07, 6.45) is 1.60. The van der Waals surface area contributed by atoms with E-state index in [0.717, 1.165) is 18.4 Å². The van der Waals surface area contributed by atoms with Gasteiger partial charge in [-0.2, -0.15) is 5.10 Å². The lowest BCUT2D eigenvalue weighted by molar-refractivity contribution is -0.118. The van der Waals surface area contributed by atoms with E-state index in [-0.39, 0.29) is 28.9 Å². The van der Waals surface area contributed by atoms with Crippen molar-refractivity contribution < 1.29 is 13.6 Å². The van der Waals surface area contributed by atoms with Gasteiger partial charge >= 0.3 is 0 Å². The molecule has 24 heavy (non-hydrogen) atoms. The Morgan fingerprint density at radius 3 is 2.42 bits per heavy atom. The van der Waals surface area contributed by atoms with Gasteiger partial charge in [0.2, 0.25) is 0 Å². The maximum Gasteiger partial charge on any atom is 0.138 e. The molecular weight excluding hydrogens is 310 g/mol. The second kappa shape index (κ2) is 6.38. The zero-order valence-corrected chi connectivity index (χ0v) is 14.0. The van der Waals surface area contributed by atoms with Crippen LogP contribution >= 0.6 is 0 Å². The van der Waals surface area contributed by atoms with Crippen molar-refractivity contribution in [2.75, 3.05) is 0 Å². The predicted octanol–water partition coefficient (Wildman–Crippen LogP) is 4.63. The van der Waals surface area contributed by atoms with Crippen molar-refractivity contribution in [2.24, 2.45) is 5.92 Å². The topological polar surface area (TPSA) is 42.9 Å². The van der Waals surface area contributed by atoms with Crippen LogP contribution in [0.3, 0.4) is 0 Å². The fourth-order valence-electron chi connectivity index (χ4n) is 3.57. The summed E-state index contributed by atoms with van der Waals surface area (Å²) in [6.45, 7) is 5.76. The first-order valence-corrected chi connectivity index (χ1v) is 8.22. The minimum Gasteiger partial charge on any atom is -0.299 e. The van der Waals surface area contributed by atoms with Crippen molar-refractivity contribution in [1.29, 1.82) is 0 Å². The molecule has 0 aliphatic heterocycles. The van der Waals surface area contributed by atoms with Gasteiger partial charge in [-0.15, -0.1) is 5.10 Å². The molecule has 0 fully saturated rings. The van der Waals surface area contributed by atoms with Crippen LogP contribution in [-0.4, -0.2) is 16.0 Å². The highest BCUT2D eigenvalue weighted by atomic mass is 19.1. The first-order chi connectivity index (χ1) is 11.4. The van der Waals surface area contributed by atoms with Crippen molar-refractivity contribution in [3.63, 3.8) is 0 Å². The van der Waals surface area contributed by atoms with E-state index in [1.165, 1.54) is 18.2 Å². The fourth-order valence-corrected chi connectivity index (χ4v) is 3.57. The van der Waals surface area contributed by atoms with Crippen LogP contribution in [0, 0.1) is 17.6 Å². The molecule has 0 saturated carbocycles. The number of rotatable bonds is 3. The summed E-state index contributed by atoms with van der Waals surface area (Å²) in [5, 5.41) is 8.24. The molecule has 3 rings (SSSR count). The summed E-state index contributed by atoms with van der Waals surface area (Å²) < 4.78 is 28.1. The molecule has 5 heteroatoms. The van der Waals surface area contributed by atoms with Crippen LogP contribution in [0.2, 0.25) is 0 Å². The Morgan fingerprint density at radius 2 is 1.83 bits per heavy atom. The Labute approximate surface area is 140 Å². The van der Waals surface area contributed by atoms with Crippen molar-refractivity contribution in [3.05, 3.63) is 47.2 Å². The third-order valence-corrected chi connectivity index (χ3v) is 4.86. The highest BCUT2D eigenvalue weighted by Gasteiger charge is 2.33. The van der Waals surface area contributed by atoms with E-state index in [1.807, 2.05) is 0 Å². The molecule has 0 spiro atoms. The highest BCUT2D eigenvalue weighted by molar-refractivity contribution is 5.83. The fraction of sp³-hybridized carbons (Fsp3) is 0.421. The maximum atomic E-state index is 14.1. The van der Waals surface area contributed by atoms with E-state index in [9.17, 15) is 13.6 Å². The van der Waals surface area contributed by atoms with Crippen LogP contribution in [0.5, 0.6) is 0 Å². The lowest BCUT2D eigenvalue weighted by atomic mass is 9.73. The first kappa shape index (κ1) is 16.7. The molecule has 0 N–H and O–H groups in total. The zero-order valence-electron chi connectivity index (χ0n) is 14.0. The van der Waals surface area contributed by atoms with Crippen molar-refractivity contribution in [2.45, 2.75) is 45.4 Å². The summed E-state index contributed by atoms with van der Waals surface area (Å²) in [6, 6.07) is 5.45. The molecule has 3 nitrogen and oxygen atoms in total. The standard InChI is InChI=1S/C19H20F2N2O/c1-10(2)12-7-8-13(11(3)24)19-14(12)9-17(22-23-19)18-15(20)5-4-6-16(18)21/h4-6,9-10,12-13H,7-8H2,1-3H3/t12-,13?/m1/s1. The first-order valence-electron chi connectivity index (χ1n) is 8.22. The molecule has 1 aromatic heterocycles. The number of aromatic nitrogens is 2. The minimum atomic E-state index is -0.663. The molecule has 1 aromatic carbocycles. The number of benzene rings is 1. The Bertz CT molecular complexity index is 769. The zero-order chi connectivity index (χ0) is 17.4. The quantitative estimate of drug-likeness (QED) is 0.824. The molecule has 0 radical (unpaired) electrons. The molecule has 2 atom stereocenters. The molecule has 0 bridgehead atoms. The van der Waals surface area contributed by atoms with E-state index in [4.69, 9.17) is 0 Å². The summed E-state index contributed by atoms with van der Waals surface area (Å²) in [5.41, 5.74) is 1.57. The van der Waals surface area contributed by atoms with Gasteiger partial charge in [0.1, 0.15) is 17.4 Å². The molecule has 0 amide bonds. The van der Waals surface area contributed by atoms with Gasteiger partial charge in [-0.3, -0.25) is 4.79 Å². The van der Waals surface area contributed by atoms with Gasteiger partial charge in [0, 0.05) is 0 Å². The van der Waals surface area contributed by atoms with Gasteiger partial charge in [0.05, 0.1) is 22.9 Å². The van der Waals surface area contributed by atoms with Gasteiger partial charge in [-0.1, -0.05) is 19.9 Å². The number of hydrogen-bond acceptors (Lipinski definition) is 3. The summed E-state index contributed by atoms with van der Waals surface area (Å²) >= 11 is 0. The van der Waals surface area contributed by atoms with E-state index >= 15 is 0 Å². The van der Waals surface area contributed by atoms with E-state index < -0.39 is 11.6 Å².